The molecule has 5 nitrogen and oxygen atoms in total. The van der Waals surface area contributed by atoms with Gasteiger partial charge >= 0.3 is 0 Å². The van der Waals surface area contributed by atoms with Crippen molar-refractivity contribution < 1.29 is 4.79 Å². The first-order valence-electron chi connectivity index (χ1n) is 10.5. The van der Waals surface area contributed by atoms with E-state index in [1.165, 1.54) is 32.1 Å². The van der Waals surface area contributed by atoms with Crippen LogP contribution in [-0.2, 0) is 4.79 Å². The van der Waals surface area contributed by atoms with Crippen molar-refractivity contribution in [2.75, 3.05) is 39.3 Å². The monoisotopic (exact) mass is 348 g/mol. The van der Waals surface area contributed by atoms with E-state index in [1.807, 2.05) is 4.90 Å². The summed E-state index contributed by atoms with van der Waals surface area (Å²) in [5.41, 5.74) is 0. The van der Waals surface area contributed by atoms with E-state index in [2.05, 4.69) is 24.1 Å². The fourth-order valence-electron chi connectivity index (χ4n) is 4.84. The third-order valence-electron chi connectivity index (χ3n) is 6.21. The van der Waals surface area contributed by atoms with Gasteiger partial charge < -0.3 is 15.1 Å². The van der Waals surface area contributed by atoms with Gasteiger partial charge in [0.05, 0.1) is 6.54 Å². The number of carbonyl (C=O) groups excluding carboxylic acids is 1. The van der Waals surface area contributed by atoms with Crippen LogP contribution >= 0.6 is 0 Å². The number of piperidine rings is 1. The molecule has 3 aliphatic rings. The lowest BCUT2D eigenvalue weighted by atomic mass is 9.82. The standard InChI is InChI=1S/C20H36N4O/c1-3-21-20(24-14-17-8-4-5-9-18(17)15-24)22-11-10-19(25)23-12-6-7-16(2)13-23/h16-18H,3-15H2,1-2H3,(H,21,22). The van der Waals surface area contributed by atoms with Crippen LogP contribution in [0.5, 0.6) is 0 Å². The Labute approximate surface area is 153 Å². The lowest BCUT2D eigenvalue weighted by Crippen LogP contribution is -2.41. The normalized spacial score (nSPS) is 30.3. The number of nitrogens with one attached hydrogen (secondary N) is 1. The number of hydrogen-bond acceptors (Lipinski definition) is 2. The Kier molecular flexibility index (Phi) is 6.60. The summed E-state index contributed by atoms with van der Waals surface area (Å²) < 4.78 is 0. The quantitative estimate of drug-likeness (QED) is 0.628. The molecule has 0 spiro atoms. The number of hydrogen-bond donors (Lipinski definition) is 1. The Balaban J connectivity index is 1.51. The second-order valence-corrected chi connectivity index (χ2v) is 8.28. The molecular formula is C20H36N4O. The van der Waals surface area contributed by atoms with Gasteiger partial charge in [0.2, 0.25) is 5.91 Å². The van der Waals surface area contributed by atoms with E-state index in [9.17, 15) is 4.79 Å². The highest BCUT2D eigenvalue weighted by Crippen LogP contribution is 2.35. The molecule has 3 unspecified atom stereocenters. The van der Waals surface area contributed by atoms with Crippen LogP contribution in [0.4, 0.5) is 0 Å². The van der Waals surface area contributed by atoms with E-state index < -0.39 is 0 Å². The third-order valence-corrected chi connectivity index (χ3v) is 6.21. The maximum absolute atomic E-state index is 12.4. The summed E-state index contributed by atoms with van der Waals surface area (Å²) >= 11 is 0. The van der Waals surface area contributed by atoms with Gasteiger partial charge in [-0.05, 0) is 50.4 Å². The van der Waals surface area contributed by atoms with Gasteiger partial charge in [-0.3, -0.25) is 9.79 Å². The Morgan fingerprint density at radius 1 is 1.04 bits per heavy atom. The molecule has 1 amide bonds. The van der Waals surface area contributed by atoms with Gasteiger partial charge in [-0.1, -0.05) is 19.8 Å². The van der Waals surface area contributed by atoms with Crippen LogP contribution < -0.4 is 5.32 Å². The number of amides is 1. The molecule has 25 heavy (non-hydrogen) atoms. The van der Waals surface area contributed by atoms with Gasteiger partial charge in [0, 0.05) is 39.1 Å². The van der Waals surface area contributed by atoms with E-state index in [4.69, 9.17) is 4.99 Å². The number of aliphatic imine (C=N–C) groups is 1. The zero-order chi connectivity index (χ0) is 17.6. The Morgan fingerprint density at radius 3 is 2.40 bits per heavy atom. The fraction of sp³-hybridized carbons (Fsp3) is 0.900. The first-order chi connectivity index (χ1) is 12.2. The van der Waals surface area contributed by atoms with E-state index in [0.29, 0.717) is 18.9 Å². The molecule has 0 aromatic heterocycles. The van der Waals surface area contributed by atoms with Crippen molar-refractivity contribution in [2.24, 2.45) is 22.7 Å². The average Bonchev–Trinajstić information content (AvgIpc) is 3.05. The lowest BCUT2D eigenvalue weighted by Gasteiger charge is -2.31. The zero-order valence-corrected chi connectivity index (χ0v) is 16.2. The maximum Gasteiger partial charge on any atom is 0.224 e. The van der Waals surface area contributed by atoms with Crippen molar-refractivity contribution in [3.05, 3.63) is 0 Å². The summed E-state index contributed by atoms with van der Waals surface area (Å²) in [5.74, 6) is 3.66. The lowest BCUT2D eigenvalue weighted by molar-refractivity contribution is -0.132. The summed E-state index contributed by atoms with van der Waals surface area (Å²) in [5, 5.41) is 3.45. The van der Waals surface area contributed by atoms with Gasteiger partial charge in [0.15, 0.2) is 5.96 Å². The number of likely N-dealkylation sites (tertiary alicyclic amines) is 2. The smallest absolute Gasteiger partial charge is 0.224 e. The van der Waals surface area contributed by atoms with Crippen LogP contribution in [0, 0.1) is 17.8 Å². The Bertz CT molecular complexity index is 464. The van der Waals surface area contributed by atoms with Gasteiger partial charge in [-0.25, -0.2) is 0 Å². The van der Waals surface area contributed by atoms with Crippen molar-refractivity contribution in [1.29, 1.82) is 0 Å². The summed E-state index contributed by atoms with van der Waals surface area (Å²) in [6.45, 7) is 10.0. The van der Waals surface area contributed by atoms with Crippen molar-refractivity contribution in [2.45, 2.75) is 58.8 Å². The predicted octanol–water partition coefficient (Wildman–Crippen LogP) is 2.72. The van der Waals surface area contributed by atoms with Gasteiger partial charge in [0.25, 0.3) is 0 Å². The summed E-state index contributed by atoms with van der Waals surface area (Å²) in [4.78, 5) is 21.7. The van der Waals surface area contributed by atoms with E-state index in [1.54, 1.807) is 0 Å². The number of carbonyl (C=O) groups is 1. The minimum Gasteiger partial charge on any atom is -0.357 e. The molecule has 3 rings (SSSR count). The number of guanidine groups is 1. The average molecular weight is 349 g/mol. The van der Waals surface area contributed by atoms with Crippen molar-refractivity contribution in [3.8, 4) is 0 Å². The highest BCUT2D eigenvalue weighted by molar-refractivity contribution is 5.81. The van der Waals surface area contributed by atoms with E-state index in [0.717, 1.165) is 56.9 Å². The zero-order valence-electron chi connectivity index (χ0n) is 16.2. The molecule has 5 heteroatoms. The van der Waals surface area contributed by atoms with E-state index >= 15 is 0 Å². The molecule has 3 fully saturated rings. The SMILES string of the molecule is CCNC(=NCCC(=O)N1CCCC(C)C1)N1CC2CCCCC2C1. The predicted molar refractivity (Wildman–Crippen MR) is 103 cm³/mol. The molecule has 1 N–H and O–H groups in total. The molecule has 2 heterocycles. The molecule has 0 bridgehead atoms. The van der Waals surface area contributed by atoms with E-state index in [-0.39, 0.29) is 5.91 Å². The fourth-order valence-corrected chi connectivity index (χ4v) is 4.84. The number of nitrogens with zero attached hydrogens (tertiary/aromatic N) is 3. The second-order valence-electron chi connectivity index (χ2n) is 8.28. The summed E-state index contributed by atoms with van der Waals surface area (Å²) in [6.07, 6.45) is 8.50. The minimum absolute atomic E-state index is 0.279. The maximum atomic E-state index is 12.4. The van der Waals surface area contributed by atoms with Crippen molar-refractivity contribution in [1.82, 2.24) is 15.1 Å². The van der Waals surface area contributed by atoms with Crippen LogP contribution in [0.1, 0.15) is 58.8 Å². The molecule has 2 aliphatic heterocycles. The minimum atomic E-state index is 0.279. The van der Waals surface area contributed by atoms with Crippen LogP contribution in [0.15, 0.2) is 4.99 Å². The largest absolute Gasteiger partial charge is 0.357 e. The molecular weight excluding hydrogens is 312 g/mol. The molecule has 3 atom stereocenters. The Hall–Kier alpha value is -1.26. The molecule has 0 aromatic carbocycles. The van der Waals surface area contributed by atoms with Gasteiger partial charge in [-0.2, -0.15) is 0 Å². The number of fused-ring (bicyclic) bond motifs is 1. The summed E-state index contributed by atoms with van der Waals surface area (Å²) in [6, 6.07) is 0. The van der Waals surface area contributed by atoms with Crippen molar-refractivity contribution in [3.63, 3.8) is 0 Å². The molecule has 2 saturated heterocycles. The molecule has 1 aliphatic carbocycles. The highest BCUT2D eigenvalue weighted by Gasteiger charge is 2.35. The second kappa shape index (κ2) is 8.91. The van der Waals surface area contributed by atoms with Crippen LogP contribution in [0.25, 0.3) is 0 Å². The van der Waals surface area contributed by atoms with Gasteiger partial charge in [0.1, 0.15) is 0 Å². The summed E-state index contributed by atoms with van der Waals surface area (Å²) in [7, 11) is 0. The molecule has 1 saturated carbocycles. The van der Waals surface area contributed by atoms with Crippen LogP contribution in [-0.4, -0.2) is 60.9 Å². The molecule has 0 radical (unpaired) electrons. The first-order valence-corrected chi connectivity index (χ1v) is 10.5. The highest BCUT2D eigenvalue weighted by atomic mass is 16.2. The molecule has 142 valence electrons. The number of rotatable bonds is 4. The topological polar surface area (TPSA) is 47.9 Å². The van der Waals surface area contributed by atoms with Crippen LogP contribution in [0.3, 0.4) is 0 Å². The van der Waals surface area contributed by atoms with Crippen molar-refractivity contribution >= 4 is 11.9 Å². The first kappa shape index (κ1) is 18.5. The van der Waals surface area contributed by atoms with Gasteiger partial charge in [-0.15, -0.1) is 0 Å². The van der Waals surface area contributed by atoms with Crippen LogP contribution in [0.2, 0.25) is 0 Å². The third kappa shape index (κ3) is 4.89. The Morgan fingerprint density at radius 2 is 1.76 bits per heavy atom. The molecule has 0 aromatic rings.